The molecule has 0 fully saturated rings. The summed E-state index contributed by atoms with van der Waals surface area (Å²) in [5.41, 5.74) is 11.2. The number of amides is 1. The van der Waals surface area contributed by atoms with Crippen LogP contribution in [0.1, 0.15) is 12.1 Å². The number of aromatic nitrogens is 2. The summed E-state index contributed by atoms with van der Waals surface area (Å²) in [6.45, 7) is 2.35. The smallest absolute Gasteiger partial charge is 0.234 e. The molecule has 1 aromatic rings. The van der Waals surface area contributed by atoms with Crippen LogP contribution in [0, 0.1) is 6.92 Å². The quantitative estimate of drug-likeness (QED) is 0.746. The van der Waals surface area contributed by atoms with Crippen molar-refractivity contribution in [3.05, 3.63) is 16.9 Å². The molecule has 1 atom stereocenters. The van der Waals surface area contributed by atoms with Crippen LogP contribution < -0.4 is 11.5 Å². The molecule has 0 aliphatic heterocycles. The van der Waals surface area contributed by atoms with Gasteiger partial charge in [-0.2, -0.15) is 5.10 Å². The van der Waals surface area contributed by atoms with Crippen LogP contribution in [0.25, 0.3) is 0 Å². The zero-order chi connectivity index (χ0) is 10.7. The van der Waals surface area contributed by atoms with E-state index in [1.807, 2.05) is 6.92 Å². The fourth-order valence-electron chi connectivity index (χ4n) is 1.02. The molecular formula is C8H13ClN4O. The van der Waals surface area contributed by atoms with E-state index in [0.29, 0.717) is 18.0 Å². The molecule has 0 aliphatic carbocycles. The predicted octanol–water partition coefficient (Wildman–Crippen LogP) is 0.0476. The molecule has 4 N–H and O–H groups in total. The maximum Gasteiger partial charge on any atom is 0.234 e. The van der Waals surface area contributed by atoms with E-state index in [9.17, 15) is 4.79 Å². The molecule has 1 heterocycles. The van der Waals surface area contributed by atoms with Crippen LogP contribution in [-0.2, 0) is 11.3 Å². The van der Waals surface area contributed by atoms with Crippen LogP contribution in [0.3, 0.4) is 0 Å². The number of carbonyl (C=O) groups is 1. The van der Waals surface area contributed by atoms with Gasteiger partial charge in [-0.1, -0.05) is 11.6 Å². The number of primary amides is 1. The summed E-state index contributed by atoms with van der Waals surface area (Å²) >= 11 is 5.80. The van der Waals surface area contributed by atoms with E-state index in [4.69, 9.17) is 23.1 Å². The molecule has 1 unspecified atom stereocenters. The van der Waals surface area contributed by atoms with Gasteiger partial charge in [0.05, 0.1) is 16.8 Å². The molecule has 0 spiro atoms. The zero-order valence-corrected chi connectivity index (χ0v) is 8.66. The number of halogens is 1. The van der Waals surface area contributed by atoms with Gasteiger partial charge in [0.15, 0.2) is 0 Å². The molecule has 14 heavy (non-hydrogen) atoms. The Hall–Kier alpha value is -1.07. The molecule has 6 heteroatoms. The summed E-state index contributed by atoms with van der Waals surface area (Å²) in [4.78, 5) is 10.6. The van der Waals surface area contributed by atoms with Crippen molar-refractivity contribution < 1.29 is 4.79 Å². The molecule has 0 aromatic carbocycles. The number of carbonyl (C=O) groups excluding carboxylic acids is 1. The highest BCUT2D eigenvalue weighted by atomic mass is 35.5. The zero-order valence-electron chi connectivity index (χ0n) is 7.90. The monoisotopic (exact) mass is 216 g/mol. The van der Waals surface area contributed by atoms with Crippen molar-refractivity contribution in [2.45, 2.75) is 25.9 Å². The van der Waals surface area contributed by atoms with E-state index in [1.165, 1.54) is 0 Å². The number of aryl methyl sites for hydroxylation is 2. The third-order valence-electron chi connectivity index (χ3n) is 1.92. The summed E-state index contributed by atoms with van der Waals surface area (Å²) in [6.07, 6.45) is 2.16. The molecule has 1 amide bonds. The summed E-state index contributed by atoms with van der Waals surface area (Å²) in [6, 6.07) is -0.627. The fraction of sp³-hybridized carbons (Fsp3) is 0.500. The van der Waals surface area contributed by atoms with Gasteiger partial charge in [-0.3, -0.25) is 9.48 Å². The Kier molecular flexibility index (Phi) is 3.49. The molecule has 0 bridgehead atoms. The first-order valence-corrected chi connectivity index (χ1v) is 4.63. The Balaban J connectivity index is 2.50. The third kappa shape index (κ3) is 2.71. The highest BCUT2D eigenvalue weighted by molar-refractivity contribution is 6.31. The summed E-state index contributed by atoms with van der Waals surface area (Å²) in [5, 5.41) is 4.73. The van der Waals surface area contributed by atoms with Crippen LogP contribution in [-0.4, -0.2) is 21.7 Å². The van der Waals surface area contributed by atoms with Gasteiger partial charge in [0.2, 0.25) is 5.91 Å². The highest BCUT2D eigenvalue weighted by Crippen LogP contribution is 2.12. The standard InChI is InChI=1S/C8H13ClN4O/c1-5-6(9)4-13(12-5)3-2-7(10)8(11)14/h4,7H,2-3,10H2,1H3,(H2,11,14). The van der Waals surface area contributed by atoms with E-state index in [2.05, 4.69) is 5.10 Å². The Morgan fingerprint density at radius 1 is 1.79 bits per heavy atom. The second kappa shape index (κ2) is 4.43. The van der Waals surface area contributed by atoms with Crippen molar-refractivity contribution >= 4 is 17.5 Å². The molecule has 5 nitrogen and oxygen atoms in total. The van der Waals surface area contributed by atoms with Crippen molar-refractivity contribution in [2.24, 2.45) is 11.5 Å². The SMILES string of the molecule is Cc1nn(CCC(N)C(N)=O)cc1Cl. The summed E-state index contributed by atoms with van der Waals surface area (Å²) in [5.74, 6) is -0.500. The van der Waals surface area contributed by atoms with Crippen LogP contribution in [0.15, 0.2) is 6.20 Å². The van der Waals surface area contributed by atoms with Gasteiger partial charge in [-0.15, -0.1) is 0 Å². The van der Waals surface area contributed by atoms with Crippen LogP contribution in [0.4, 0.5) is 0 Å². The Bertz CT molecular complexity index is 317. The number of nitrogens with zero attached hydrogens (tertiary/aromatic N) is 2. The molecule has 1 rings (SSSR count). The molecule has 0 saturated carbocycles. The first-order valence-electron chi connectivity index (χ1n) is 4.25. The topological polar surface area (TPSA) is 86.9 Å². The van der Waals surface area contributed by atoms with Gasteiger partial charge in [0, 0.05) is 12.7 Å². The Labute approximate surface area is 87.0 Å². The Morgan fingerprint density at radius 2 is 2.43 bits per heavy atom. The van der Waals surface area contributed by atoms with Gasteiger partial charge in [-0.25, -0.2) is 0 Å². The maximum atomic E-state index is 10.6. The van der Waals surface area contributed by atoms with Crippen molar-refractivity contribution in [2.75, 3.05) is 0 Å². The van der Waals surface area contributed by atoms with Crippen molar-refractivity contribution in [3.8, 4) is 0 Å². The van der Waals surface area contributed by atoms with E-state index in [0.717, 1.165) is 5.69 Å². The normalized spacial score (nSPS) is 12.8. The van der Waals surface area contributed by atoms with Crippen LogP contribution >= 0.6 is 11.6 Å². The lowest BCUT2D eigenvalue weighted by molar-refractivity contribution is -0.119. The largest absolute Gasteiger partial charge is 0.368 e. The Morgan fingerprint density at radius 3 is 2.86 bits per heavy atom. The predicted molar refractivity (Wildman–Crippen MR) is 53.8 cm³/mol. The van der Waals surface area contributed by atoms with Gasteiger partial charge < -0.3 is 11.5 Å². The fourth-order valence-corrected chi connectivity index (χ4v) is 1.17. The lowest BCUT2D eigenvalue weighted by Crippen LogP contribution is -2.37. The minimum atomic E-state index is -0.627. The summed E-state index contributed by atoms with van der Waals surface area (Å²) < 4.78 is 1.65. The molecule has 0 radical (unpaired) electrons. The van der Waals surface area contributed by atoms with Crippen LogP contribution in [0.5, 0.6) is 0 Å². The van der Waals surface area contributed by atoms with Crippen molar-refractivity contribution in [3.63, 3.8) is 0 Å². The molecule has 0 saturated heterocycles. The average molecular weight is 217 g/mol. The second-order valence-corrected chi connectivity index (χ2v) is 3.53. The van der Waals surface area contributed by atoms with Gasteiger partial charge >= 0.3 is 0 Å². The third-order valence-corrected chi connectivity index (χ3v) is 2.29. The average Bonchev–Trinajstić information content (AvgIpc) is 2.42. The molecular weight excluding hydrogens is 204 g/mol. The highest BCUT2D eigenvalue weighted by Gasteiger charge is 2.09. The summed E-state index contributed by atoms with van der Waals surface area (Å²) in [7, 11) is 0. The van der Waals surface area contributed by atoms with Gasteiger partial charge in [0.1, 0.15) is 0 Å². The molecule has 1 aromatic heterocycles. The lowest BCUT2D eigenvalue weighted by Gasteiger charge is -2.06. The van der Waals surface area contributed by atoms with E-state index < -0.39 is 11.9 Å². The molecule has 0 aliphatic rings. The van der Waals surface area contributed by atoms with Crippen LogP contribution in [0.2, 0.25) is 5.02 Å². The van der Waals surface area contributed by atoms with E-state index >= 15 is 0 Å². The van der Waals surface area contributed by atoms with Crippen molar-refractivity contribution in [1.82, 2.24) is 9.78 Å². The first kappa shape index (κ1) is 11.0. The minimum absolute atomic E-state index is 0.465. The first-order chi connectivity index (χ1) is 6.50. The number of hydrogen-bond donors (Lipinski definition) is 2. The van der Waals surface area contributed by atoms with Gasteiger partial charge in [0.25, 0.3) is 0 Å². The maximum absolute atomic E-state index is 10.6. The van der Waals surface area contributed by atoms with Gasteiger partial charge in [-0.05, 0) is 13.3 Å². The van der Waals surface area contributed by atoms with Crippen molar-refractivity contribution in [1.29, 1.82) is 0 Å². The van der Waals surface area contributed by atoms with E-state index in [-0.39, 0.29) is 0 Å². The second-order valence-electron chi connectivity index (χ2n) is 3.12. The number of nitrogens with two attached hydrogens (primary N) is 2. The number of hydrogen-bond acceptors (Lipinski definition) is 3. The molecule has 78 valence electrons. The van der Waals surface area contributed by atoms with E-state index in [1.54, 1.807) is 10.9 Å². The number of rotatable bonds is 4. The lowest BCUT2D eigenvalue weighted by atomic mass is 10.2. The minimum Gasteiger partial charge on any atom is -0.368 e.